The lowest BCUT2D eigenvalue weighted by Crippen LogP contribution is -2.38. The van der Waals surface area contributed by atoms with Gasteiger partial charge in [-0.25, -0.2) is 0 Å². The van der Waals surface area contributed by atoms with Crippen molar-refractivity contribution < 1.29 is 9.59 Å². The number of rotatable bonds is 1. The van der Waals surface area contributed by atoms with Crippen LogP contribution in [0.5, 0.6) is 0 Å². The van der Waals surface area contributed by atoms with Gasteiger partial charge in [-0.05, 0) is 24.7 Å². The third-order valence-corrected chi connectivity index (χ3v) is 5.22. The van der Waals surface area contributed by atoms with Gasteiger partial charge in [0.25, 0.3) is 0 Å². The maximum atomic E-state index is 12.3. The summed E-state index contributed by atoms with van der Waals surface area (Å²) in [7, 11) is 0. The van der Waals surface area contributed by atoms with Crippen molar-refractivity contribution in [2.75, 3.05) is 13.1 Å². The Kier molecular flexibility index (Phi) is 1.96. The van der Waals surface area contributed by atoms with Crippen molar-refractivity contribution >= 4 is 11.8 Å². The first kappa shape index (κ1) is 10.1. The average Bonchev–Trinajstić information content (AvgIpc) is 2.74. The molecule has 4 atom stereocenters. The van der Waals surface area contributed by atoms with Crippen LogP contribution in [0.4, 0.5) is 0 Å². The SMILES string of the molecule is O=C1C2CCCCC2C(=O)N1C1C2CNCC21. The third-order valence-electron chi connectivity index (χ3n) is 5.22. The zero-order valence-electron chi connectivity index (χ0n) is 9.89. The van der Waals surface area contributed by atoms with E-state index in [-0.39, 0.29) is 29.7 Å². The fourth-order valence-electron chi connectivity index (χ4n) is 4.25. The van der Waals surface area contributed by atoms with Gasteiger partial charge >= 0.3 is 0 Å². The van der Waals surface area contributed by atoms with Crippen LogP contribution in [0.2, 0.25) is 0 Å². The topological polar surface area (TPSA) is 49.4 Å². The zero-order chi connectivity index (χ0) is 11.6. The van der Waals surface area contributed by atoms with E-state index in [1.165, 1.54) is 0 Å². The van der Waals surface area contributed by atoms with Crippen LogP contribution in [0.25, 0.3) is 0 Å². The molecule has 0 radical (unpaired) electrons. The molecule has 0 bridgehead atoms. The maximum absolute atomic E-state index is 12.3. The van der Waals surface area contributed by atoms with Gasteiger partial charge in [0.15, 0.2) is 0 Å². The van der Waals surface area contributed by atoms with Crippen molar-refractivity contribution in [3.63, 3.8) is 0 Å². The number of nitrogens with one attached hydrogen (secondary N) is 1. The fourth-order valence-corrected chi connectivity index (χ4v) is 4.25. The first-order valence-electron chi connectivity index (χ1n) is 6.86. The average molecular weight is 234 g/mol. The minimum absolute atomic E-state index is 0.0329. The number of hydrogen-bond donors (Lipinski definition) is 1. The molecule has 0 aromatic carbocycles. The van der Waals surface area contributed by atoms with Gasteiger partial charge in [0.2, 0.25) is 11.8 Å². The van der Waals surface area contributed by atoms with Crippen LogP contribution in [0.15, 0.2) is 0 Å². The lowest BCUT2D eigenvalue weighted by atomic mass is 9.81. The highest BCUT2D eigenvalue weighted by Gasteiger charge is 2.62. The Labute approximate surface area is 101 Å². The molecule has 4 aliphatic rings. The van der Waals surface area contributed by atoms with Gasteiger partial charge in [0, 0.05) is 19.1 Å². The van der Waals surface area contributed by atoms with E-state index in [2.05, 4.69) is 5.32 Å². The molecule has 17 heavy (non-hydrogen) atoms. The summed E-state index contributed by atoms with van der Waals surface area (Å²) in [5.41, 5.74) is 0. The highest BCUT2D eigenvalue weighted by Crippen LogP contribution is 2.50. The van der Waals surface area contributed by atoms with Crippen molar-refractivity contribution in [2.45, 2.75) is 31.7 Å². The highest BCUT2D eigenvalue weighted by atomic mass is 16.2. The van der Waals surface area contributed by atoms with E-state index in [1.54, 1.807) is 4.90 Å². The fraction of sp³-hybridized carbons (Fsp3) is 0.846. The van der Waals surface area contributed by atoms with Crippen LogP contribution in [-0.2, 0) is 9.59 Å². The van der Waals surface area contributed by atoms with Crippen LogP contribution >= 0.6 is 0 Å². The Hall–Kier alpha value is -0.900. The molecule has 4 unspecified atom stereocenters. The molecule has 0 aromatic rings. The summed E-state index contributed by atoms with van der Waals surface area (Å²) in [5, 5.41) is 3.32. The second-order valence-corrected chi connectivity index (χ2v) is 6.02. The van der Waals surface area contributed by atoms with E-state index in [0.29, 0.717) is 11.8 Å². The normalized spacial score (nSPS) is 48.2. The number of hydrogen-bond acceptors (Lipinski definition) is 3. The van der Waals surface area contributed by atoms with E-state index >= 15 is 0 Å². The van der Waals surface area contributed by atoms with Gasteiger partial charge in [-0.3, -0.25) is 14.5 Å². The molecular weight excluding hydrogens is 216 g/mol. The molecule has 2 aliphatic heterocycles. The van der Waals surface area contributed by atoms with Gasteiger partial charge in [-0.15, -0.1) is 0 Å². The number of amides is 2. The highest BCUT2D eigenvalue weighted by molar-refractivity contribution is 6.05. The predicted octanol–water partition coefficient (Wildman–Crippen LogP) is 0.379. The second kappa shape index (κ2) is 3.31. The molecule has 0 aromatic heterocycles. The largest absolute Gasteiger partial charge is 0.316 e. The number of fused-ring (bicyclic) bond motifs is 2. The molecule has 92 valence electrons. The van der Waals surface area contributed by atoms with Crippen molar-refractivity contribution in [2.24, 2.45) is 23.7 Å². The molecule has 2 heterocycles. The molecule has 4 rings (SSSR count). The van der Waals surface area contributed by atoms with E-state index in [0.717, 1.165) is 38.8 Å². The van der Waals surface area contributed by atoms with E-state index < -0.39 is 0 Å². The molecule has 4 nitrogen and oxygen atoms in total. The summed E-state index contributed by atoms with van der Waals surface area (Å²) in [5.74, 6) is 1.49. The number of likely N-dealkylation sites (tertiary alicyclic amines) is 1. The predicted molar refractivity (Wildman–Crippen MR) is 60.9 cm³/mol. The quantitative estimate of drug-likeness (QED) is 0.667. The summed E-state index contributed by atoms with van der Waals surface area (Å²) < 4.78 is 0. The number of imide groups is 1. The first-order chi connectivity index (χ1) is 8.29. The lowest BCUT2D eigenvalue weighted by Gasteiger charge is -2.19. The maximum Gasteiger partial charge on any atom is 0.233 e. The van der Waals surface area contributed by atoms with Crippen LogP contribution < -0.4 is 5.32 Å². The van der Waals surface area contributed by atoms with E-state index in [4.69, 9.17) is 0 Å². The number of nitrogens with zero attached hydrogens (tertiary/aromatic N) is 1. The minimum atomic E-state index is 0.0329. The summed E-state index contributed by atoms with van der Waals surface area (Å²) in [6.45, 7) is 1.98. The van der Waals surface area contributed by atoms with Gasteiger partial charge in [-0.1, -0.05) is 12.8 Å². The number of piperidine rings is 1. The van der Waals surface area contributed by atoms with Crippen molar-refractivity contribution in [1.82, 2.24) is 10.2 Å². The van der Waals surface area contributed by atoms with Crippen LogP contribution in [-0.4, -0.2) is 35.8 Å². The Balaban J connectivity index is 1.60. The van der Waals surface area contributed by atoms with Gasteiger partial charge in [-0.2, -0.15) is 0 Å². The second-order valence-electron chi connectivity index (χ2n) is 6.02. The smallest absolute Gasteiger partial charge is 0.233 e. The molecule has 2 saturated carbocycles. The zero-order valence-corrected chi connectivity index (χ0v) is 9.89. The van der Waals surface area contributed by atoms with Crippen molar-refractivity contribution in [3.05, 3.63) is 0 Å². The Morgan fingerprint density at radius 1 is 0.941 bits per heavy atom. The first-order valence-corrected chi connectivity index (χ1v) is 6.86. The monoisotopic (exact) mass is 234 g/mol. The molecule has 4 heteroatoms. The number of carbonyl (C=O) groups is 2. The van der Waals surface area contributed by atoms with E-state index in [9.17, 15) is 9.59 Å². The summed E-state index contributed by atoms with van der Waals surface area (Å²) >= 11 is 0. The number of carbonyl (C=O) groups excluding carboxylic acids is 2. The van der Waals surface area contributed by atoms with Crippen LogP contribution in [0.1, 0.15) is 25.7 Å². The standard InChI is InChI=1S/C13H18N2O2/c16-12-7-3-1-2-4-8(7)13(17)15(12)11-9-5-14-6-10(9)11/h7-11,14H,1-6H2. The van der Waals surface area contributed by atoms with Gasteiger partial charge < -0.3 is 5.32 Å². The summed E-state index contributed by atoms with van der Waals surface area (Å²) in [6, 6.07) is 0.252. The minimum Gasteiger partial charge on any atom is -0.316 e. The third kappa shape index (κ3) is 1.22. The molecule has 4 fully saturated rings. The molecule has 0 spiro atoms. The summed E-state index contributed by atoms with van der Waals surface area (Å²) in [6.07, 6.45) is 4.11. The van der Waals surface area contributed by atoms with E-state index in [1.807, 2.05) is 0 Å². The van der Waals surface area contributed by atoms with Gasteiger partial charge in [0.05, 0.1) is 11.8 Å². The lowest BCUT2D eigenvalue weighted by molar-refractivity contribution is -0.141. The van der Waals surface area contributed by atoms with Crippen molar-refractivity contribution in [3.8, 4) is 0 Å². The molecule has 2 saturated heterocycles. The molecule has 2 amide bonds. The summed E-state index contributed by atoms with van der Waals surface area (Å²) in [4.78, 5) is 26.4. The van der Waals surface area contributed by atoms with Crippen LogP contribution in [0.3, 0.4) is 0 Å². The Morgan fingerprint density at radius 3 is 2.00 bits per heavy atom. The van der Waals surface area contributed by atoms with Crippen LogP contribution in [0, 0.1) is 23.7 Å². The van der Waals surface area contributed by atoms with Crippen molar-refractivity contribution in [1.29, 1.82) is 0 Å². The molecule has 2 aliphatic carbocycles. The van der Waals surface area contributed by atoms with Gasteiger partial charge in [0.1, 0.15) is 0 Å². The Morgan fingerprint density at radius 2 is 1.47 bits per heavy atom. The molecule has 1 N–H and O–H groups in total. The Bertz CT molecular complexity index is 361. The molecular formula is C13H18N2O2.